The summed E-state index contributed by atoms with van der Waals surface area (Å²) in [5.74, 6) is -26.2. The van der Waals surface area contributed by atoms with Gasteiger partial charge < -0.3 is 10.0 Å². The lowest BCUT2D eigenvalue weighted by Gasteiger charge is -2.40. The molecule has 0 aromatic heterocycles. The van der Waals surface area contributed by atoms with Crippen molar-refractivity contribution >= 4 is 5.91 Å². The Bertz CT molecular complexity index is 731. The summed E-state index contributed by atoms with van der Waals surface area (Å²) in [4.78, 5) is 10.7. The third kappa shape index (κ3) is 5.52. The van der Waals surface area contributed by atoms with Gasteiger partial charge >= 0.3 is 48.4 Å². The van der Waals surface area contributed by atoms with E-state index >= 15 is 0 Å². The minimum atomic E-state index is -8.06. The van der Waals surface area contributed by atoms with Crippen LogP contribution in [-0.2, 0) is 14.3 Å². The molecule has 22 heteroatoms. The van der Waals surface area contributed by atoms with Crippen molar-refractivity contribution in [2.45, 2.75) is 48.4 Å². The molecule has 0 aliphatic heterocycles. The maximum Gasteiger partial charge on any atom is 0.462 e. The highest BCUT2D eigenvalue weighted by Crippen LogP contribution is 2.56. The van der Waals surface area contributed by atoms with Crippen molar-refractivity contribution in [3.63, 3.8) is 0 Å². The van der Waals surface area contributed by atoms with Crippen LogP contribution >= 0.6 is 0 Å². The SMILES string of the molecule is CN(CCO)C(=O)C(F)(OC(F)(F)C(F)(OC(F)(F)C(F)(F)C(F)(F)F)C(F)(F)F)C(F)(F)F. The van der Waals surface area contributed by atoms with Gasteiger partial charge in [-0.2, -0.15) is 74.6 Å². The molecule has 0 bridgehead atoms. The van der Waals surface area contributed by atoms with Gasteiger partial charge in [0.1, 0.15) is 0 Å². The largest absolute Gasteiger partial charge is 0.462 e. The highest BCUT2D eigenvalue weighted by molar-refractivity contribution is 5.84. The Labute approximate surface area is 175 Å². The van der Waals surface area contributed by atoms with Crippen LogP contribution in [0.3, 0.4) is 0 Å². The second kappa shape index (κ2) is 8.99. The van der Waals surface area contributed by atoms with Gasteiger partial charge in [-0.05, 0) is 0 Å². The van der Waals surface area contributed by atoms with Crippen LogP contribution in [0.2, 0.25) is 0 Å². The van der Waals surface area contributed by atoms with Crippen LogP contribution in [-0.4, -0.2) is 84.5 Å². The van der Waals surface area contributed by atoms with Crippen LogP contribution in [0.4, 0.5) is 74.6 Å². The number of likely N-dealkylation sites (N-methyl/N-ethyl adjacent to an activating group) is 1. The smallest absolute Gasteiger partial charge is 0.395 e. The molecule has 0 spiro atoms. The third-order valence-electron chi connectivity index (χ3n) is 3.42. The van der Waals surface area contributed by atoms with E-state index in [-0.39, 0.29) is 7.05 Å². The van der Waals surface area contributed by atoms with Crippen LogP contribution in [0.1, 0.15) is 0 Å². The fraction of sp³-hybridized carbons (Fsp3) is 0.917. The number of amides is 1. The highest BCUT2D eigenvalue weighted by atomic mass is 19.4. The number of carbonyl (C=O) groups is 1. The van der Waals surface area contributed by atoms with E-state index in [1.54, 1.807) is 0 Å². The average molecular weight is 553 g/mol. The van der Waals surface area contributed by atoms with Crippen molar-refractivity contribution in [3.05, 3.63) is 0 Å². The van der Waals surface area contributed by atoms with Gasteiger partial charge in [0.2, 0.25) is 0 Å². The normalized spacial score (nSPS) is 18.3. The van der Waals surface area contributed by atoms with Crippen molar-refractivity contribution in [2.24, 2.45) is 0 Å². The minimum Gasteiger partial charge on any atom is -0.395 e. The van der Waals surface area contributed by atoms with E-state index in [9.17, 15) is 79.4 Å². The molecule has 0 radical (unpaired) electrons. The predicted octanol–water partition coefficient (Wildman–Crippen LogP) is 4.31. The van der Waals surface area contributed by atoms with E-state index in [1.807, 2.05) is 4.74 Å². The Hall–Kier alpha value is -1.84. The van der Waals surface area contributed by atoms with E-state index in [0.717, 1.165) is 0 Å². The second-order valence-corrected chi connectivity index (χ2v) is 5.95. The summed E-state index contributed by atoms with van der Waals surface area (Å²) in [6.45, 7) is -2.74. The highest BCUT2D eigenvalue weighted by Gasteiger charge is 2.85. The number of aliphatic hydroxyl groups is 1. The average Bonchev–Trinajstić information content (AvgIpc) is 2.57. The Morgan fingerprint density at radius 1 is 0.676 bits per heavy atom. The summed E-state index contributed by atoms with van der Waals surface area (Å²) < 4.78 is 223. The number of carbonyl (C=O) groups excluding carboxylic acids is 1. The Morgan fingerprint density at radius 3 is 1.38 bits per heavy atom. The van der Waals surface area contributed by atoms with E-state index in [2.05, 4.69) is 0 Å². The zero-order chi connectivity index (χ0) is 28.0. The Balaban J connectivity index is 6.79. The first kappa shape index (κ1) is 32.2. The van der Waals surface area contributed by atoms with Crippen LogP contribution in [0, 0.1) is 0 Å². The zero-order valence-electron chi connectivity index (χ0n) is 15.5. The summed E-state index contributed by atoms with van der Waals surface area (Å²) in [5.41, 5.74) is 0. The molecule has 0 aromatic rings. The molecule has 1 N–H and O–H groups in total. The molecule has 2 unspecified atom stereocenters. The number of hydrogen-bond acceptors (Lipinski definition) is 4. The van der Waals surface area contributed by atoms with Crippen LogP contribution in [0.5, 0.6) is 0 Å². The van der Waals surface area contributed by atoms with Gasteiger partial charge in [-0.15, -0.1) is 0 Å². The van der Waals surface area contributed by atoms with Gasteiger partial charge in [-0.25, -0.2) is 0 Å². The predicted molar refractivity (Wildman–Crippen MR) is 67.6 cm³/mol. The van der Waals surface area contributed by atoms with E-state index in [0.29, 0.717) is 0 Å². The van der Waals surface area contributed by atoms with Crippen molar-refractivity contribution < 1.29 is 94.0 Å². The van der Waals surface area contributed by atoms with Gasteiger partial charge in [0.25, 0.3) is 5.91 Å². The van der Waals surface area contributed by atoms with Crippen molar-refractivity contribution in [1.82, 2.24) is 4.90 Å². The first-order valence-corrected chi connectivity index (χ1v) is 7.54. The minimum absolute atomic E-state index is 0.0706. The quantitative estimate of drug-likeness (QED) is 0.433. The lowest BCUT2D eigenvalue weighted by atomic mass is 10.2. The number of ether oxygens (including phenoxy) is 2. The van der Waals surface area contributed by atoms with Crippen molar-refractivity contribution in [3.8, 4) is 0 Å². The molecule has 204 valence electrons. The molecule has 34 heavy (non-hydrogen) atoms. The summed E-state index contributed by atoms with van der Waals surface area (Å²) in [7, 11) is 0.0706. The lowest BCUT2D eigenvalue weighted by Crippen LogP contribution is -2.68. The molecule has 0 aromatic carbocycles. The Morgan fingerprint density at radius 2 is 1.09 bits per heavy atom. The first-order chi connectivity index (χ1) is 14.6. The van der Waals surface area contributed by atoms with Crippen LogP contribution in [0.15, 0.2) is 0 Å². The fourth-order valence-corrected chi connectivity index (χ4v) is 1.65. The third-order valence-corrected chi connectivity index (χ3v) is 3.42. The van der Waals surface area contributed by atoms with Gasteiger partial charge in [0.15, 0.2) is 0 Å². The van der Waals surface area contributed by atoms with Gasteiger partial charge in [-0.1, -0.05) is 0 Å². The summed E-state index contributed by atoms with van der Waals surface area (Å²) in [6, 6.07) is 0. The molecular weight excluding hydrogens is 545 g/mol. The number of aliphatic hydroxyl groups excluding tert-OH is 1. The van der Waals surface area contributed by atoms with E-state index in [1.165, 1.54) is 4.74 Å². The topological polar surface area (TPSA) is 59.0 Å². The number of hydrogen-bond donors (Lipinski definition) is 1. The Kier molecular flexibility index (Phi) is 8.50. The van der Waals surface area contributed by atoms with E-state index in [4.69, 9.17) is 5.11 Å². The maximum atomic E-state index is 14.1. The van der Waals surface area contributed by atoms with Crippen molar-refractivity contribution in [1.29, 1.82) is 0 Å². The van der Waals surface area contributed by atoms with Crippen LogP contribution in [0.25, 0.3) is 0 Å². The molecule has 0 fully saturated rings. The maximum absolute atomic E-state index is 14.1. The standard InChI is InChI=1S/C12H8F17NO4/c1-30(2-3-31)4(32)5(13,8(17,18)19)33-12(28,29)7(16,10(23,24)25)34-11(26,27)6(14,15)9(20,21)22/h31H,2-3H2,1H3. The summed E-state index contributed by atoms with van der Waals surface area (Å²) in [6.07, 6.45) is -38.6. The molecule has 0 saturated heterocycles. The molecule has 5 nitrogen and oxygen atoms in total. The summed E-state index contributed by atoms with van der Waals surface area (Å²) >= 11 is 0. The number of nitrogens with zero attached hydrogens (tertiary/aromatic N) is 1. The molecular formula is C12H8F17NO4. The van der Waals surface area contributed by atoms with Crippen LogP contribution < -0.4 is 0 Å². The molecule has 0 saturated carbocycles. The fourth-order valence-electron chi connectivity index (χ4n) is 1.65. The monoisotopic (exact) mass is 553 g/mol. The molecule has 0 rings (SSSR count). The lowest BCUT2D eigenvalue weighted by molar-refractivity contribution is -0.548. The van der Waals surface area contributed by atoms with Gasteiger partial charge in [-0.3, -0.25) is 14.3 Å². The van der Waals surface area contributed by atoms with Crippen molar-refractivity contribution in [2.75, 3.05) is 20.2 Å². The second-order valence-electron chi connectivity index (χ2n) is 5.95. The molecule has 1 amide bonds. The first-order valence-electron chi connectivity index (χ1n) is 7.54. The zero-order valence-corrected chi connectivity index (χ0v) is 15.5. The molecule has 0 aliphatic carbocycles. The summed E-state index contributed by atoms with van der Waals surface area (Å²) in [5, 5.41) is 8.43. The van der Waals surface area contributed by atoms with Gasteiger partial charge in [0, 0.05) is 13.6 Å². The number of alkyl halides is 17. The molecule has 0 heterocycles. The molecule has 0 aliphatic rings. The molecule has 2 atom stereocenters. The van der Waals surface area contributed by atoms with E-state index < -0.39 is 72.3 Å². The number of rotatable bonds is 9. The van der Waals surface area contributed by atoms with Gasteiger partial charge in [0.05, 0.1) is 6.61 Å². The number of halogens is 17.